The Bertz CT molecular complexity index is 2060. The summed E-state index contributed by atoms with van der Waals surface area (Å²) in [5.74, 6) is 3.07. The maximum atomic E-state index is 13.8. The number of alkyl halides is 5. The van der Waals surface area contributed by atoms with Gasteiger partial charge in [0.25, 0.3) is 5.91 Å². The van der Waals surface area contributed by atoms with Gasteiger partial charge < -0.3 is 31.2 Å². The highest BCUT2D eigenvalue weighted by molar-refractivity contribution is 7.91. The number of amides is 2. The number of thiophene rings is 1. The third-order valence-corrected chi connectivity index (χ3v) is 12.5. The van der Waals surface area contributed by atoms with Gasteiger partial charge in [0, 0.05) is 37.2 Å². The second-order valence-corrected chi connectivity index (χ2v) is 16.8. The van der Waals surface area contributed by atoms with Gasteiger partial charge in [-0.2, -0.15) is 22.0 Å². The number of esters is 1. The SMILES string of the molecule is COC(=O)C(CCC(N)=O)NC(=O)c1ccc(NCC#Cc2sc3c(NC4CCC(N5CCS(=O)(=O)CC5)CC4)cccc3c2CC(F)(F)F)c(OC(F)F)c1. The molecule has 1 atom stereocenters. The Morgan fingerprint density at radius 2 is 1.77 bits per heavy atom. The Morgan fingerprint density at radius 3 is 2.41 bits per heavy atom. The summed E-state index contributed by atoms with van der Waals surface area (Å²) in [5.41, 5.74) is 5.70. The lowest BCUT2D eigenvalue weighted by molar-refractivity contribution is -0.143. The lowest BCUT2D eigenvalue weighted by atomic mass is 9.90. The first-order chi connectivity index (χ1) is 26.5. The Morgan fingerprint density at radius 1 is 1.05 bits per heavy atom. The van der Waals surface area contributed by atoms with Crippen LogP contribution < -0.4 is 26.4 Å². The van der Waals surface area contributed by atoms with Crippen molar-refractivity contribution in [2.24, 2.45) is 5.73 Å². The summed E-state index contributed by atoms with van der Waals surface area (Å²) in [5, 5.41) is 9.12. The van der Waals surface area contributed by atoms with Crippen molar-refractivity contribution in [3.05, 3.63) is 52.4 Å². The molecule has 0 radical (unpaired) electrons. The average molecular weight is 828 g/mol. The van der Waals surface area contributed by atoms with Gasteiger partial charge in [0.1, 0.15) is 11.8 Å². The summed E-state index contributed by atoms with van der Waals surface area (Å²) in [4.78, 5) is 38.6. The van der Waals surface area contributed by atoms with Crippen molar-refractivity contribution in [3.8, 4) is 17.6 Å². The Labute approximate surface area is 324 Å². The van der Waals surface area contributed by atoms with E-state index >= 15 is 0 Å². The Kier molecular flexibility index (Phi) is 14.0. The molecule has 2 heterocycles. The molecule has 2 amide bonds. The standard InChI is InChI=1S/C37H42F5N5O7S2/c1-53-35(50)29(13-14-32(43)48)46-34(49)22-7-12-27(30(20-22)54-36(38)39)44-15-3-6-31-26(21-37(40,41)42)25-4-2-5-28(33(25)55-31)45-23-8-10-24(11-9-23)47-16-18-56(51,52)19-17-47/h2,4-5,7,12,20,23-24,29,36,44-45H,8-11,13-19,21H2,1H3,(H2,43,48)(H,46,49). The maximum absolute atomic E-state index is 13.8. The third kappa shape index (κ3) is 11.7. The number of halogens is 5. The molecule has 1 aliphatic carbocycles. The Hall–Kier alpha value is -4.67. The van der Waals surface area contributed by atoms with Gasteiger partial charge >= 0.3 is 18.8 Å². The number of sulfone groups is 1. The number of anilines is 2. The first-order valence-corrected chi connectivity index (χ1v) is 20.5. The van der Waals surface area contributed by atoms with E-state index in [4.69, 9.17) is 5.73 Å². The smallest absolute Gasteiger partial charge is 0.393 e. The number of carbonyl (C=O) groups excluding carboxylic acids is 3. The van der Waals surface area contributed by atoms with Gasteiger partial charge in [0.15, 0.2) is 9.84 Å². The van der Waals surface area contributed by atoms with Crippen LogP contribution in [0.5, 0.6) is 5.75 Å². The molecule has 12 nitrogen and oxygen atoms in total. The zero-order chi connectivity index (χ0) is 40.6. The van der Waals surface area contributed by atoms with Crippen molar-refractivity contribution in [2.45, 2.75) is 75.9 Å². The summed E-state index contributed by atoms with van der Waals surface area (Å²) in [6.45, 7) is -2.42. The van der Waals surface area contributed by atoms with Crippen molar-refractivity contribution >= 4 is 60.4 Å². The molecule has 3 aromatic rings. The van der Waals surface area contributed by atoms with Crippen LogP contribution in [0.2, 0.25) is 0 Å². The van der Waals surface area contributed by atoms with Crippen LogP contribution in [-0.2, 0) is 30.6 Å². The molecule has 5 rings (SSSR count). The largest absolute Gasteiger partial charge is 0.467 e. The van der Waals surface area contributed by atoms with Gasteiger partial charge in [-0.1, -0.05) is 24.0 Å². The van der Waals surface area contributed by atoms with Crippen LogP contribution in [-0.4, -0.2) is 100 Å². The number of fused-ring (bicyclic) bond motifs is 1. The number of methoxy groups -OCH3 is 1. The molecule has 1 aromatic heterocycles. The molecule has 1 unspecified atom stereocenters. The lowest BCUT2D eigenvalue weighted by Crippen LogP contribution is -2.48. The summed E-state index contributed by atoms with van der Waals surface area (Å²) < 4.78 is 102. The molecule has 0 bridgehead atoms. The fraction of sp³-hybridized carbons (Fsp3) is 0.486. The van der Waals surface area contributed by atoms with Crippen LogP contribution in [0, 0.1) is 11.8 Å². The van der Waals surface area contributed by atoms with Crippen LogP contribution in [0.15, 0.2) is 36.4 Å². The van der Waals surface area contributed by atoms with Gasteiger partial charge in [0.05, 0.1) is 52.5 Å². The first-order valence-electron chi connectivity index (χ1n) is 17.8. The zero-order valence-corrected chi connectivity index (χ0v) is 32.0. The number of hydrogen-bond donors (Lipinski definition) is 4. The normalized spacial score (nSPS) is 19.1. The van der Waals surface area contributed by atoms with E-state index in [1.807, 2.05) is 6.07 Å². The minimum Gasteiger partial charge on any atom is -0.467 e. The third-order valence-electron chi connectivity index (χ3n) is 9.65. The highest BCUT2D eigenvalue weighted by Crippen LogP contribution is 2.40. The zero-order valence-electron chi connectivity index (χ0n) is 30.3. The topological polar surface area (TPSA) is 169 Å². The second-order valence-electron chi connectivity index (χ2n) is 13.5. The molecular formula is C37H42F5N5O7S2. The van der Waals surface area contributed by atoms with Crippen molar-refractivity contribution in [2.75, 3.05) is 48.9 Å². The quantitative estimate of drug-likeness (QED) is 0.0980. The highest BCUT2D eigenvalue weighted by Gasteiger charge is 2.33. The molecule has 2 aromatic carbocycles. The van der Waals surface area contributed by atoms with E-state index in [1.54, 1.807) is 12.1 Å². The summed E-state index contributed by atoms with van der Waals surface area (Å²) in [6.07, 6.45) is -2.75. The predicted molar refractivity (Wildman–Crippen MR) is 202 cm³/mol. The van der Waals surface area contributed by atoms with E-state index < -0.39 is 58.6 Å². The summed E-state index contributed by atoms with van der Waals surface area (Å²) in [6, 6.07) is 7.80. The predicted octanol–water partition coefficient (Wildman–Crippen LogP) is 5.06. The van der Waals surface area contributed by atoms with Gasteiger partial charge in [-0.3, -0.25) is 14.5 Å². The number of carbonyl (C=O) groups is 3. The number of nitrogens with two attached hydrogens (primary N) is 1. The minimum atomic E-state index is -4.52. The van der Waals surface area contributed by atoms with Gasteiger partial charge in [-0.05, 0) is 67.3 Å². The fourth-order valence-corrected chi connectivity index (χ4v) is 9.24. The molecule has 1 saturated carbocycles. The van der Waals surface area contributed by atoms with Gasteiger partial charge in [-0.15, -0.1) is 11.3 Å². The van der Waals surface area contributed by atoms with Gasteiger partial charge in [0.2, 0.25) is 5.91 Å². The average Bonchev–Trinajstić information content (AvgIpc) is 3.48. The molecule has 1 aliphatic heterocycles. The number of benzene rings is 2. The molecule has 5 N–H and O–H groups in total. The second kappa shape index (κ2) is 18.5. The lowest BCUT2D eigenvalue weighted by Gasteiger charge is -2.39. The van der Waals surface area contributed by atoms with E-state index in [-0.39, 0.29) is 64.7 Å². The summed E-state index contributed by atoms with van der Waals surface area (Å²) in [7, 11) is -1.89. The van der Waals surface area contributed by atoms with Crippen LogP contribution in [0.25, 0.3) is 10.1 Å². The molecule has 56 heavy (non-hydrogen) atoms. The molecule has 0 spiro atoms. The van der Waals surface area contributed by atoms with Gasteiger partial charge in [-0.25, -0.2) is 13.2 Å². The fourth-order valence-electron chi connectivity index (χ4n) is 6.84. The van der Waals surface area contributed by atoms with E-state index in [1.165, 1.54) is 12.1 Å². The minimum absolute atomic E-state index is 0.00720. The van der Waals surface area contributed by atoms with E-state index in [0.29, 0.717) is 28.9 Å². The van der Waals surface area contributed by atoms with Crippen LogP contribution >= 0.6 is 11.3 Å². The van der Waals surface area contributed by atoms with E-state index in [2.05, 4.69) is 42.2 Å². The van der Waals surface area contributed by atoms with Crippen molar-refractivity contribution in [1.29, 1.82) is 0 Å². The molecule has 2 fully saturated rings. The Balaban J connectivity index is 1.29. The molecule has 19 heteroatoms. The van der Waals surface area contributed by atoms with E-state index in [9.17, 15) is 44.8 Å². The molecule has 1 saturated heterocycles. The number of rotatable bonds is 14. The van der Waals surface area contributed by atoms with E-state index in [0.717, 1.165) is 50.2 Å². The number of hydrogen-bond acceptors (Lipinski definition) is 11. The number of nitrogens with one attached hydrogen (secondary N) is 3. The monoisotopic (exact) mass is 827 g/mol. The molecule has 304 valence electrons. The van der Waals surface area contributed by atoms with Crippen molar-refractivity contribution < 1.29 is 54.2 Å². The summed E-state index contributed by atoms with van der Waals surface area (Å²) >= 11 is 1.12. The molecular weight excluding hydrogens is 786 g/mol. The first kappa shape index (κ1) is 42.5. The van der Waals surface area contributed by atoms with Crippen LogP contribution in [0.1, 0.15) is 59.3 Å². The van der Waals surface area contributed by atoms with Crippen LogP contribution in [0.4, 0.5) is 33.3 Å². The number of primary amides is 1. The highest BCUT2D eigenvalue weighted by atomic mass is 32.2. The van der Waals surface area contributed by atoms with Crippen molar-refractivity contribution in [1.82, 2.24) is 10.2 Å². The van der Waals surface area contributed by atoms with Crippen molar-refractivity contribution in [3.63, 3.8) is 0 Å². The molecule has 2 aliphatic rings. The number of nitrogens with zero attached hydrogens (tertiary/aromatic N) is 1. The maximum Gasteiger partial charge on any atom is 0.393 e. The van der Waals surface area contributed by atoms with Crippen LogP contribution in [0.3, 0.4) is 0 Å². The number of ether oxygens (including phenoxy) is 2.